The molecule has 1 heterocycles. The molecule has 4 N–H and O–H groups in total. The van der Waals surface area contributed by atoms with Crippen molar-refractivity contribution in [1.82, 2.24) is 15.5 Å². The van der Waals surface area contributed by atoms with E-state index >= 15 is 0 Å². The highest BCUT2D eigenvalue weighted by Gasteiger charge is 2.20. The number of nitrogens with zero attached hydrogens (tertiary/aromatic N) is 1. The van der Waals surface area contributed by atoms with Crippen LogP contribution in [0.25, 0.3) is 0 Å². The lowest BCUT2D eigenvalue weighted by atomic mass is 10.1. The zero-order valence-corrected chi connectivity index (χ0v) is 11.2. The molecule has 6 heteroatoms. The molecular weight excluding hydrogens is 232 g/mol. The lowest BCUT2D eigenvalue weighted by Gasteiger charge is -2.21. The zero-order valence-electron chi connectivity index (χ0n) is 11.2. The van der Waals surface area contributed by atoms with Crippen LogP contribution in [0.1, 0.15) is 20.3 Å². The molecule has 0 radical (unpaired) electrons. The van der Waals surface area contributed by atoms with Gasteiger partial charge in [0.1, 0.15) is 0 Å². The Labute approximate surface area is 108 Å². The van der Waals surface area contributed by atoms with Gasteiger partial charge in [0.25, 0.3) is 0 Å². The minimum absolute atomic E-state index is 0.0389. The van der Waals surface area contributed by atoms with Crippen LogP contribution in [0.3, 0.4) is 0 Å². The Balaban J connectivity index is 2.33. The average Bonchev–Trinajstić information content (AvgIpc) is 2.63. The molecule has 1 fully saturated rings. The van der Waals surface area contributed by atoms with Crippen molar-refractivity contribution in [2.75, 3.05) is 32.7 Å². The summed E-state index contributed by atoms with van der Waals surface area (Å²) in [5.74, 6) is -0.225. The molecule has 6 nitrogen and oxygen atoms in total. The molecule has 18 heavy (non-hydrogen) atoms. The summed E-state index contributed by atoms with van der Waals surface area (Å²) in [6.07, 6.45) is 0.950. The quantitative estimate of drug-likeness (QED) is 0.596. The van der Waals surface area contributed by atoms with Crippen molar-refractivity contribution < 1.29 is 9.59 Å². The molecule has 104 valence electrons. The Morgan fingerprint density at radius 2 is 2.06 bits per heavy atom. The number of nitrogens with two attached hydrogens (primary N) is 1. The third kappa shape index (κ3) is 4.62. The molecule has 1 aliphatic heterocycles. The van der Waals surface area contributed by atoms with Crippen LogP contribution in [0.15, 0.2) is 0 Å². The molecule has 1 rings (SSSR count). The number of hydrogen-bond acceptors (Lipinski definition) is 4. The Bertz CT molecular complexity index is 286. The summed E-state index contributed by atoms with van der Waals surface area (Å²) >= 11 is 0. The molecular formula is C12H24N4O2. The minimum Gasteiger partial charge on any atom is -0.346 e. The van der Waals surface area contributed by atoms with Gasteiger partial charge < -0.3 is 21.3 Å². The summed E-state index contributed by atoms with van der Waals surface area (Å²) in [4.78, 5) is 25.3. The molecule has 2 amide bonds. The molecule has 1 aliphatic rings. The maximum Gasteiger partial charge on any atom is 0.242 e. The molecule has 0 unspecified atom stereocenters. The van der Waals surface area contributed by atoms with Gasteiger partial charge in [-0.3, -0.25) is 9.59 Å². The summed E-state index contributed by atoms with van der Waals surface area (Å²) in [6.45, 7) is 7.00. The van der Waals surface area contributed by atoms with E-state index in [1.165, 1.54) is 0 Å². The van der Waals surface area contributed by atoms with Crippen molar-refractivity contribution in [2.45, 2.75) is 26.3 Å². The molecule has 1 saturated heterocycles. The van der Waals surface area contributed by atoms with Gasteiger partial charge in [0.2, 0.25) is 11.8 Å². The van der Waals surface area contributed by atoms with Crippen molar-refractivity contribution in [1.29, 1.82) is 0 Å². The van der Waals surface area contributed by atoms with Gasteiger partial charge in [-0.15, -0.1) is 0 Å². The summed E-state index contributed by atoms with van der Waals surface area (Å²) in [5, 5.41) is 5.83. The number of hydrogen-bond donors (Lipinski definition) is 3. The predicted octanol–water partition coefficient (Wildman–Crippen LogP) is -1.09. The second-order valence-corrected chi connectivity index (χ2v) is 4.97. The lowest BCUT2D eigenvalue weighted by Crippen LogP contribution is -2.48. The first kappa shape index (κ1) is 14.9. The van der Waals surface area contributed by atoms with Gasteiger partial charge >= 0.3 is 0 Å². The van der Waals surface area contributed by atoms with Crippen LogP contribution < -0.4 is 16.4 Å². The molecule has 0 saturated carbocycles. The van der Waals surface area contributed by atoms with E-state index < -0.39 is 6.04 Å². The van der Waals surface area contributed by atoms with E-state index in [4.69, 9.17) is 5.73 Å². The van der Waals surface area contributed by atoms with Gasteiger partial charge in [0.15, 0.2) is 0 Å². The predicted molar refractivity (Wildman–Crippen MR) is 69.9 cm³/mol. The topological polar surface area (TPSA) is 87.5 Å². The van der Waals surface area contributed by atoms with Crippen LogP contribution in [-0.2, 0) is 9.59 Å². The van der Waals surface area contributed by atoms with E-state index in [0.29, 0.717) is 6.54 Å². The number of carbonyl (C=O) groups excluding carboxylic acids is 2. The molecule has 0 aliphatic carbocycles. The largest absolute Gasteiger partial charge is 0.346 e. The second kappa shape index (κ2) is 7.33. The van der Waals surface area contributed by atoms with Gasteiger partial charge in [-0.25, -0.2) is 0 Å². The first-order valence-corrected chi connectivity index (χ1v) is 6.54. The van der Waals surface area contributed by atoms with Crippen LogP contribution in [0, 0.1) is 5.92 Å². The van der Waals surface area contributed by atoms with Gasteiger partial charge in [0.05, 0.1) is 12.6 Å². The van der Waals surface area contributed by atoms with Crippen LogP contribution in [0.5, 0.6) is 0 Å². The average molecular weight is 256 g/mol. The molecule has 0 spiro atoms. The fraction of sp³-hybridized carbons (Fsp3) is 0.833. The fourth-order valence-electron chi connectivity index (χ4n) is 1.79. The Morgan fingerprint density at radius 1 is 1.33 bits per heavy atom. The standard InChI is InChI=1S/C12H24N4O2/c1-9(2)11(13)12(18)15-8-10(17)16-6-3-4-14-5-7-16/h9,11,14H,3-8,13H2,1-2H3,(H,15,18)/t11-/m0/s1. The van der Waals surface area contributed by atoms with E-state index in [9.17, 15) is 9.59 Å². The molecule has 0 bridgehead atoms. The van der Waals surface area contributed by atoms with E-state index in [0.717, 1.165) is 26.1 Å². The summed E-state index contributed by atoms with van der Waals surface area (Å²) in [6, 6.07) is -0.552. The number of nitrogens with one attached hydrogen (secondary N) is 2. The van der Waals surface area contributed by atoms with Gasteiger partial charge in [-0.1, -0.05) is 13.8 Å². The van der Waals surface area contributed by atoms with E-state index in [2.05, 4.69) is 10.6 Å². The number of carbonyl (C=O) groups is 2. The van der Waals surface area contributed by atoms with Crippen LogP contribution >= 0.6 is 0 Å². The molecule has 0 aromatic carbocycles. The Kier molecular flexibility index (Phi) is 6.07. The van der Waals surface area contributed by atoms with E-state index in [1.807, 2.05) is 13.8 Å². The minimum atomic E-state index is -0.552. The summed E-state index contributed by atoms with van der Waals surface area (Å²) in [5.41, 5.74) is 5.70. The van der Waals surface area contributed by atoms with E-state index in [-0.39, 0.29) is 24.3 Å². The highest BCUT2D eigenvalue weighted by molar-refractivity contribution is 5.87. The van der Waals surface area contributed by atoms with Gasteiger partial charge in [-0.05, 0) is 18.9 Å². The zero-order chi connectivity index (χ0) is 13.5. The van der Waals surface area contributed by atoms with Crippen molar-refractivity contribution in [3.8, 4) is 0 Å². The summed E-state index contributed by atoms with van der Waals surface area (Å²) in [7, 11) is 0. The third-order valence-electron chi connectivity index (χ3n) is 3.13. The maximum atomic E-state index is 11.9. The normalized spacial score (nSPS) is 18.3. The second-order valence-electron chi connectivity index (χ2n) is 4.97. The first-order chi connectivity index (χ1) is 8.52. The first-order valence-electron chi connectivity index (χ1n) is 6.54. The molecule has 0 aromatic rings. The van der Waals surface area contributed by atoms with E-state index in [1.54, 1.807) is 4.90 Å². The maximum absolute atomic E-state index is 11.9. The van der Waals surface area contributed by atoms with Crippen molar-refractivity contribution in [2.24, 2.45) is 11.7 Å². The van der Waals surface area contributed by atoms with Crippen LogP contribution in [0.2, 0.25) is 0 Å². The number of amides is 2. The molecule has 0 aromatic heterocycles. The Morgan fingerprint density at radius 3 is 2.72 bits per heavy atom. The number of rotatable bonds is 4. The Hall–Kier alpha value is -1.14. The van der Waals surface area contributed by atoms with Crippen molar-refractivity contribution in [3.05, 3.63) is 0 Å². The van der Waals surface area contributed by atoms with Crippen LogP contribution in [-0.4, -0.2) is 55.5 Å². The highest BCUT2D eigenvalue weighted by atomic mass is 16.2. The smallest absolute Gasteiger partial charge is 0.242 e. The SMILES string of the molecule is CC(C)[C@H](N)C(=O)NCC(=O)N1CCCNCC1. The van der Waals surface area contributed by atoms with Gasteiger partial charge in [0, 0.05) is 19.6 Å². The fourth-order valence-corrected chi connectivity index (χ4v) is 1.79. The van der Waals surface area contributed by atoms with Crippen molar-refractivity contribution >= 4 is 11.8 Å². The monoisotopic (exact) mass is 256 g/mol. The van der Waals surface area contributed by atoms with Crippen molar-refractivity contribution in [3.63, 3.8) is 0 Å². The summed E-state index contributed by atoms with van der Waals surface area (Å²) < 4.78 is 0. The highest BCUT2D eigenvalue weighted by Crippen LogP contribution is 1.99. The lowest BCUT2D eigenvalue weighted by molar-refractivity contribution is -0.133. The molecule has 1 atom stereocenters. The van der Waals surface area contributed by atoms with Crippen LogP contribution in [0.4, 0.5) is 0 Å². The third-order valence-corrected chi connectivity index (χ3v) is 3.13. The van der Waals surface area contributed by atoms with Gasteiger partial charge in [-0.2, -0.15) is 0 Å².